The van der Waals surface area contributed by atoms with Crippen molar-refractivity contribution in [2.45, 2.75) is 31.2 Å². The molecule has 1 rings (SSSR count). The van der Waals surface area contributed by atoms with E-state index in [0.29, 0.717) is 18.9 Å². The zero-order valence-electron chi connectivity index (χ0n) is 12.7. The van der Waals surface area contributed by atoms with Crippen molar-refractivity contribution in [1.29, 1.82) is 0 Å². The lowest BCUT2D eigenvalue weighted by Gasteiger charge is -2.24. The fourth-order valence-electron chi connectivity index (χ4n) is 1.83. The molecule has 5 nitrogen and oxygen atoms in total. The van der Waals surface area contributed by atoms with Crippen LogP contribution in [0.25, 0.3) is 0 Å². The van der Waals surface area contributed by atoms with E-state index < -0.39 is 10.0 Å². The van der Waals surface area contributed by atoms with Gasteiger partial charge in [0.2, 0.25) is 10.0 Å². The standard InChI is InChI=1S/C15H24N2O3S/c1-4-11-17(13(2)3)21(18,19)15-8-6-14(7-9-15)20-12-5-10-16/h4,6-9,13H,1,5,10-12,16H2,2-3H3. The molecule has 1 aromatic rings. The number of rotatable bonds is 9. The molecule has 0 atom stereocenters. The lowest BCUT2D eigenvalue weighted by Crippen LogP contribution is -2.36. The van der Waals surface area contributed by atoms with E-state index in [9.17, 15) is 8.42 Å². The van der Waals surface area contributed by atoms with Crippen LogP contribution >= 0.6 is 0 Å². The Bertz CT molecular complexity index is 539. The predicted molar refractivity (Wildman–Crippen MR) is 84.8 cm³/mol. The van der Waals surface area contributed by atoms with Crippen LogP contribution in [0.4, 0.5) is 0 Å². The Hall–Kier alpha value is -1.37. The van der Waals surface area contributed by atoms with Crippen LogP contribution in [0.5, 0.6) is 5.75 Å². The van der Waals surface area contributed by atoms with Gasteiger partial charge >= 0.3 is 0 Å². The first-order valence-electron chi connectivity index (χ1n) is 6.99. The Morgan fingerprint density at radius 3 is 2.43 bits per heavy atom. The summed E-state index contributed by atoms with van der Waals surface area (Å²) < 4.78 is 32.0. The van der Waals surface area contributed by atoms with Gasteiger partial charge < -0.3 is 10.5 Å². The smallest absolute Gasteiger partial charge is 0.243 e. The van der Waals surface area contributed by atoms with Crippen LogP contribution in [0, 0.1) is 0 Å². The van der Waals surface area contributed by atoms with Gasteiger partial charge in [-0.2, -0.15) is 4.31 Å². The molecule has 0 fully saturated rings. The number of nitrogens with zero attached hydrogens (tertiary/aromatic N) is 1. The van der Waals surface area contributed by atoms with Crippen LogP contribution in [-0.2, 0) is 10.0 Å². The van der Waals surface area contributed by atoms with Crippen molar-refractivity contribution in [3.05, 3.63) is 36.9 Å². The molecule has 0 amide bonds. The molecule has 0 spiro atoms. The van der Waals surface area contributed by atoms with Gasteiger partial charge in [-0.15, -0.1) is 6.58 Å². The maximum absolute atomic E-state index is 12.6. The summed E-state index contributed by atoms with van der Waals surface area (Å²) >= 11 is 0. The van der Waals surface area contributed by atoms with Crippen molar-refractivity contribution in [1.82, 2.24) is 4.31 Å². The molecular formula is C15H24N2O3S. The van der Waals surface area contributed by atoms with Crippen molar-refractivity contribution < 1.29 is 13.2 Å². The molecule has 0 radical (unpaired) electrons. The number of benzene rings is 1. The van der Waals surface area contributed by atoms with Gasteiger partial charge in [0.1, 0.15) is 5.75 Å². The first-order chi connectivity index (χ1) is 9.93. The van der Waals surface area contributed by atoms with Crippen molar-refractivity contribution in [2.24, 2.45) is 5.73 Å². The molecule has 0 bridgehead atoms. The fraction of sp³-hybridized carbons (Fsp3) is 0.467. The Kier molecular flexibility index (Phi) is 6.87. The van der Waals surface area contributed by atoms with E-state index in [4.69, 9.17) is 10.5 Å². The summed E-state index contributed by atoms with van der Waals surface area (Å²) in [6.07, 6.45) is 2.35. The highest BCUT2D eigenvalue weighted by Gasteiger charge is 2.25. The van der Waals surface area contributed by atoms with E-state index in [1.54, 1.807) is 30.3 Å². The summed E-state index contributed by atoms with van der Waals surface area (Å²) in [5, 5.41) is 0. The molecular weight excluding hydrogens is 288 g/mol. The monoisotopic (exact) mass is 312 g/mol. The van der Waals surface area contributed by atoms with Crippen LogP contribution in [0.3, 0.4) is 0 Å². The largest absolute Gasteiger partial charge is 0.494 e. The van der Waals surface area contributed by atoms with E-state index in [1.165, 1.54) is 4.31 Å². The Balaban J connectivity index is 2.90. The van der Waals surface area contributed by atoms with Gasteiger partial charge in [-0.3, -0.25) is 0 Å². The Morgan fingerprint density at radius 1 is 1.33 bits per heavy atom. The highest BCUT2D eigenvalue weighted by Crippen LogP contribution is 2.21. The highest BCUT2D eigenvalue weighted by molar-refractivity contribution is 7.89. The third kappa shape index (κ3) is 4.84. The quantitative estimate of drug-likeness (QED) is 0.559. The first-order valence-corrected chi connectivity index (χ1v) is 8.43. The number of nitrogens with two attached hydrogens (primary N) is 1. The third-order valence-electron chi connectivity index (χ3n) is 2.93. The summed E-state index contributed by atoms with van der Waals surface area (Å²) in [7, 11) is -3.52. The van der Waals surface area contributed by atoms with Gasteiger partial charge in [-0.1, -0.05) is 6.08 Å². The summed E-state index contributed by atoms with van der Waals surface area (Å²) in [6, 6.07) is 6.32. The van der Waals surface area contributed by atoms with Crippen LogP contribution in [0.15, 0.2) is 41.8 Å². The van der Waals surface area contributed by atoms with E-state index in [1.807, 2.05) is 13.8 Å². The van der Waals surface area contributed by atoms with Crippen LogP contribution in [0.1, 0.15) is 20.3 Å². The maximum atomic E-state index is 12.6. The van der Waals surface area contributed by atoms with Gasteiger partial charge in [0, 0.05) is 12.6 Å². The lowest BCUT2D eigenvalue weighted by molar-refractivity contribution is 0.313. The maximum Gasteiger partial charge on any atom is 0.243 e. The molecule has 0 heterocycles. The fourth-order valence-corrected chi connectivity index (χ4v) is 3.44. The molecule has 2 N–H and O–H groups in total. The van der Waals surface area contributed by atoms with Crippen molar-refractivity contribution in [3.8, 4) is 5.75 Å². The minimum Gasteiger partial charge on any atom is -0.494 e. The predicted octanol–water partition coefficient (Wildman–Crippen LogP) is 2.00. The minimum atomic E-state index is -3.52. The number of hydrogen-bond donors (Lipinski definition) is 1. The van der Waals surface area contributed by atoms with Crippen molar-refractivity contribution in [3.63, 3.8) is 0 Å². The molecule has 1 aromatic carbocycles. The molecule has 0 aromatic heterocycles. The van der Waals surface area contributed by atoms with Gasteiger partial charge in [0.15, 0.2) is 0 Å². The van der Waals surface area contributed by atoms with Gasteiger partial charge in [-0.05, 0) is 51.1 Å². The van der Waals surface area contributed by atoms with Crippen molar-refractivity contribution in [2.75, 3.05) is 19.7 Å². The number of sulfonamides is 1. The Morgan fingerprint density at radius 2 is 1.95 bits per heavy atom. The topological polar surface area (TPSA) is 72.6 Å². The molecule has 0 aliphatic rings. The Labute approximate surface area is 127 Å². The van der Waals surface area contributed by atoms with Crippen molar-refractivity contribution >= 4 is 10.0 Å². The van der Waals surface area contributed by atoms with Gasteiger partial charge in [0.05, 0.1) is 11.5 Å². The molecule has 6 heteroatoms. The SMILES string of the molecule is C=CCN(C(C)C)S(=O)(=O)c1ccc(OCCCN)cc1. The molecule has 0 unspecified atom stereocenters. The van der Waals surface area contributed by atoms with Crippen LogP contribution in [0.2, 0.25) is 0 Å². The second-order valence-corrected chi connectivity index (χ2v) is 6.81. The van der Waals surface area contributed by atoms with E-state index in [2.05, 4.69) is 6.58 Å². The third-order valence-corrected chi connectivity index (χ3v) is 4.99. The second kappa shape index (κ2) is 8.17. The normalized spacial score (nSPS) is 11.9. The molecule has 118 valence electrons. The lowest BCUT2D eigenvalue weighted by atomic mass is 10.3. The van der Waals surface area contributed by atoms with E-state index >= 15 is 0 Å². The summed E-state index contributed by atoms with van der Waals surface area (Å²) in [4.78, 5) is 0.254. The van der Waals surface area contributed by atoms with E-state index in [0.717, 1.165) is 6.42 Å². The van der Waals surface area contributed by atoms with E-state index in [-0.39, 0.29) is 17.5 Å². The summed E-state index contributed by atoms with van der Waals surface area (Å²) in [6.45, 7) is 8.67. The van der Waals surface area contributed by atoms with Crippen LogP contribution < -0.4 is 10.5 Å². The molecule has 0 aliphatic carbocycles. The average molecular weight is 312 g/mol. The van der Waals surface area contributed by atoms with Gasteiger partial charge in [0.25, 0.3) is 0 Å². The zero-order chi connectivity index (χ0) is 15.9. The molecule has 0 saturated carbocycles. The first kappa shape index (κ1) is 17.7. The molecule has 21 heavy (non-hydrogen) atoms. The summed E-state index contributed by atoms with van der Waals surface area (Å²) in [5.74, 6) is 0.641. The van der Waals surface area contributed by atoms with Crippen LogP contribution in [-0.4, -0.2) is 38.5 Å². The molecule has 0 saturated heterocycles. The number of ether oxygens (including phenoxy) is 1. The molecule has 0 aliphatic heterocycles. The number of hydrogen-bond acceptors (Lipinski definition) is 4. The minimum absolute atomic E-state index is 0.131. The second-order valence-electron chi connectivity index (χ2n) is 4.92. The van der Waals surface area contributed by atoms with Gasteiger partial charge in [-0.25, -0.2) is 8.42 Å². The zero-order valence-corrected chi connectivity index (χ0v) is 13.5. The average Bonchev–Trinajstić information content (AvgIpc) is 2.45. The summed E-state index contributed by atoms with van der Waals surface area (Å²) in [5.41, 5.74) is 5.39. The highest BCUT2D eigenvalue weighted by atomic mass is 32.2.